The molecule has 21 heavy (non-hydrogen) atoms. The maximum absolute atomic E-state index is 11.9. The van der Waals surface area contributed by atoms with Gasteiger partial charge in [0, 0.05) is 33.1 Å². The molecule has 0 atom stereocenters. The molecule has 0 aliphatic heterocycles. The molecule has 0 aliphatic rings. The Kier molecular flexibility index (Phi) is 6.43. The summed E-state index contributed by atoms with van der Waals surface area (Å²) in [7, 11) is -1.93. The minimum atomic E-state index is -3.52. The van der Waals surface area contributed by atoms with Crippen molar-refractivity contribution in [1.82, 2.24) is 5.32 Å². The van der Waals surface area contributed by atoms with E-state index in [1.54, 1.807) is 14.0 Å². The van der Waals surface area contributed by atoms with Crippen molar-refractivity contribution in [3.63, 3.8) is 0 Å². The van der Waals surface area contributed by atoms with Crippen LogP contribution in [0.25, 0.3) is 0 Å². The third kappa shape index (κ3) is 4.58. The van der Waals surface area contributed by atoms with Crippen LogP contribution in [0.1, 0.15) is 23.0 Å². The van der Waals surface area contributed by atoms with E-state index in [9.17, 15) is 13.2 Å². The van der Waals surface area contributed by atoms with Crippen LogP contribution in [-0.4, -0.2) is 47.4 Å². The summed E-state index contributed by atoms with van der Waals surface area (Å²) < 4.78 is 28.7. The van der Waals surface area contributed by atoms with Gasteiger partial charge in [-0.15, -0.1) is 11.3 Å². The Morgan fingerprint density at radius 2 is 2.10 bits per heavy atom. The highest BCUT2D eigenvalue weighted by atomic mass is 32.2. The topological polar surface area (TPSA) is 111 Å². The molecule has 1 heterocycles. The molecule has 1 amide bonds. The Bertz CT molecular complexity index is 596. The molecular formula is C12H21N3O4S2. The minimum absolute atomic E-state index is 0.00249. The highest BCUT2D eigenvalue weighted by molar-refractivity contribution is 7.91. The van der Waals surface area contributed by atoms with Gasteiger partial charge < -0.3 is 21.1 Å². The number of sulfone groups is 1. The number of hydrogen-bond acceptors (Lipinski definition) is 7. The van der Waals surface area contributed by atoms with Crippen LogP contribution in [0.3, 0.4) is 0 Å². The number of methoxy groups -OCH3 is 1. The Morgan fingerprint density at radius 1 is 1.43 bits per heavy atom. The van der Waals surface area contributed by atoms with Crippen LogP contribution < -0.4 is 16.4 Å². The molecule has 0 radical (unpaired) electrons. The lowest BCUT2D eigenvalue weighted by Gasteiger charge is -2.06. The summed E-state index contributed by atoms with van der Waals surface area (Å²) in [6.45, 7) is 3.32. The first-order chi connectivity index (χ1) is 9.82. The zero-order valence-electron chi connectivity index (χ0n) is 12.4. The van der Waals surface area contributed by atoms with Crippen molar-refractivity contribution in [2.75, 3.05) is 44.1 Å². The van der Waals surface area contributed by atoms with E-state index >= 15 is 0 Å². The van der Waals surface area contributed by atoms with Crippen molar-refractivity contribution in [1.29, 1.82) is 0 Å². The van der Waals surface area contributed by atoms with Crippen LogP contribution in [0, 0.1) is 0 Å². The number of anilines is 2. The molecule has 7 nitrogen and oxygen atoms in total. The third-order valence-electron chi connectivity index (χ3n) is 2.62. The minimum Gasteiger partial charge on any atom is -0.396 e. The van der Waals surface area contributed by atoms with Crippen molar-refractivity contribution in [3.8, 4) is 0 Å². The smallest absolute Gasteiger partial charge is 0.263 e. The lowest BCUT2D eigenvalue weighted by atomic mass is 10.3. The van der Waals surface area contributed by atoms with Gasteiger partial charge in [0.25, 0.3) is 5.91 Å². The molecule has 4 N–H and O–H groups in total. The van der Waals surface area contributed by atoms with Crippen LogP contribution in [0.2, 0.25) is 0 Å². The average Bonchev–Trinajstić information content (AvgIpc) is 2.72. The van der Waals surface area contributed by atoms with Crippen molar-refractivity contribution in [2.45, 2.75) is 18.2 Å². The molecule has 0 saturated carbocycles. The summed E-state index contributed by atoms with van der Waals surface area (Å²) >= 11 is 1.05. The molecule has 9 heteroatoms. The summed E-state index contributed by atoms with van der Waals surface area (Å²) in [5, 5.41) is 6.03. The predicted molar refractivity (Wildman–Crippen MR) is 84.8 cm³/mol. The SMILES string of the molecule is CCNC(=O)c1sc(NCCCOC)c(S(C)(=O)=O)c1N. The van der Waals surface area contributed by atoms with Crippen LogP contribution in [0.4, 0.5) is 10.7 Å². The van der Waals surface area contributed by atoms with Crippen molar-refractivity contribution < 1.29 is 17.9 Å². The molecule has 0 aliphatic carbocycles. The highest BCUT2D eigenvalue weighted by Crippen LogP contribution is 2.39. The average molecular weight is 335 g/mol. The third-order valence-corrected chi connectivity index (χ3v) is 5.08. The number of hydrogen-bond donors (Lipinski definition) is 3. The number of nitrogen functional groups attached to an aromatic ring is 1. The van der Waals surface area contributed by atoms with Crippen LogP contribution >= 0.6 is 11.3 Å². The second-order valence-electron chi connectivity index (χ2n) is 4.41. The second-order valence-corrected chi connectivity index (χ2v) is 7.38. The maximum atomic E-state index is 11.9. The Labute approximate surface area is 128 Å². The molecule has 0 bridgehead atoms. The first-order valence-electron chi connectivity index (χ1n) is 6.46. The van der Waals surface area contributed by atoms with E-state index in [1.165, 1.54) is 0 Å². The second kappa shape index (κ2) is 7.62. The summed E-state index contributed by atoms with van der Waals surface area (Å²) in [6, 6.07) is 0. The normalized spacial score (nSPS) is 11.4. The molecule has 1 rings (SSSR count). The summed E-state index contributed by atoms with van der Waals surface area (Å²) in [5.74, 6) is -0.366. The number of carbonyl (C=O) groups excluding carboxylic acids is 1. The highest BCUT2D eigenvalue weighted by Gasteiger charge is 2.26. The van der Waals surface area contributed by atoms with Gasteiger partial charge >= 0.3 is 0 Å². The Hall–Kier alpha value is -1.32. The van der Waals surface area contributed by atoms with Gasteiger partial charge in [0.05, 0.1) is 5.69 Å². The van der Waals surface area contributed by atoms with Gasteiger partial charge in [-0.2, -0.15) is 0 Å². The number of nitrogens with two attached hydrogens (primary N) is 1. The molecule has 0 aromatic carbocycles. The fourth-order valence-electron chi connectivity index (χ4n) is 1.74. The number of amides is 1. The van der Waals surface area contributed by atoms with Crippen molar-refractivity contribution >= 4 is 37.8 Å². The van der Waals surface area contributed by atoms with Gasteiger partial charge in [-0.1, -0.05) is 0 Å². The molecular weight excluding hydrogens is 314 g/mol. The zero-order valence-corrected chi connectivity index (χ0v) is 14.0. The lowest BCUT2D eigenvalue weighted by Crippen LogP contribution is -2.22. The first kappa shape index (κ1) is 17.7. The van der Waals surface area contributed by atoms with E-state index < -0.39 is 9.84 Å². The standard InChI is InChI=1S/C12H21N3O4S2/c1-4-14-11(16)9-8(13)10(21(3,17)18)12(20-9)15-6-5-7-19-2/h15H,4-7,13H2,1-3H3,(H,14,16). The molecule has 120 valence electrons. The molecule has 1 aromatic heterocycles. The summed E-state index contributed by atoms with van der Waals surface area (Å²) in [5.41, 5.74) is 5.86. The van der Waals surface area contributed by atoms with E-state index in [0.717, 1.165) is 17.6 Å². The van der Waals surface area contributed by atoms with Gasteiger partial charge in [0.1, 0.15) is 14.8 Å². The van der Waals surface area contributed by atoms with E-state index in [2.05, 4.69) is 10.6 Å². The van der Waals surface area contributed by atoms with Gasteiger partial charge in [0.15, 0.2) is 9.84 Å². The number of thiophene rings is 1. The quantitative estimate of drug-likeness (QED) is 0.610. The molecule has 0 unspecified atom stereocenters. The summed E-state index contributed by atoms with van der Waals surface area (Å²) in [4.78, 5) is 12.1. The summed E-state index contributed by atoms with van der Waals surface area (Å²) in [6.07, 6.45) is 1.79. The van der Waals surface area contributed by atoms with E-state index in [4.69, 9.17) is 10.5 Å². The lowest BCUT2D eigenvalue weighted by molar-refractivity contribution is 0.0960. The van der Waals surface area contributed by atoms with Crippen LogP contribution in [-0.2, 0) is 14.6 Å². The molecule has 0 saturated heterocycles. The van der Waals surface area contributed by atoms with Gasteiger partial charge in [0.2, 0.25) is 0 Å². The molecule has 0 spiro atoms. The zero-order chi connectivity index (χ0) is 16.0. The van der Waals surface area contributed by atoms with Gasteiger partial charge in [-0.25, -0.2) is 8.42 Å². The Morgan fingerprint density at radius 3 is 2.62 bits per heavy atom. The van der Waals surface area contributed by atoms with E-state index in [1.807, 2.05) is 0 Å². The number of ether oxygens (including phenoxy) is 1. The Balaban J connectivity index is 3.10. The number of nitrogens with one attached hydrogen (secondary N) is 2. The molecule has 0 fully saturated rings. The van der Waals surface area contributed by atoms with Crippen molar-refractivity contribution in [3.05, 3.63) is 4.88 Å². The largest absolute Gasteiger partial charge is 0.396 e. The number of rotatable bonds is 8. The number of carbonyl (C=O) groups is 1. The van der Waals surface area contributed by atoms with Crippen molar-refractivity contribution in [2.24, 2.45) is 0 Å². The van der Waals surface area contributed by atoms with Crippen LogP contribution in [0.15, 0.2) is 4.90 Å². The fraction of sp³-hybridized carbons (Fsp3) is 0.583. The molecule has 1 aromatic rings. The van der Waals surface area contributed by atoms with E-state index in [0.29, 0.717) is 31.1 Å². The first-order valence-corrected chi connectivity index (χ1v) is 9.17. The fourth-order valence-corrected chi connectivity index (χ4v) is 4.25. The van der Waals surface area contributed by atoms with Gasteiger partial charge in [-0.05, 0) is 13.3 Å². The van der Waals surface area contributed by atoms with E-state index in [-0.39, 0.29) is 21.4 Å². The maximum Gasteiger partial charge on any atom is 0.263 e. The van der Waals surface area contributed by atoms with Gasteiger partial charge in [-0.3, -0.25) is 4.79 Å². The predicted octanol–water partition coefficient (Wildman–Crippen LogP) is 0.932. The van der Waals surface area contributed by atoms with Crippen LogP contribution in [0.5, 0.6) is 0 Å². The monoisotopic (exact) mass is 335 g/mol.